The smallest absolute Gasteiger partial charge is 0.410 e. The molecule has 2 rings (SSSR count). The molecule has 2 N–H and O–H groups in total. The SMILES string of the molecule is CC[C@H](C)[C@@H](C(=O)N(C)[C@H](C(=O)CC(O)C(=O)Oc1c(F)c(F)c(F)c(F)c1F)[C@@H](C)CCCC(C)O)N(C)C(=O)OCc1ccccc1. The Morgan fingerprint density at radius 2 is 1.33 bits per heavy atom. The lowest BCUT2D eigenvalue weighted by Crippen LogP contribution is -2.56. The van der Waals surface area contributed by atoms with Crippen LogP contribution in [-0.2, 0) is 25.7 Å². The van der Waals surface area contributed by atoms with Crippen molar-refractivity contribution in [3.05, 3.63) is 65.0 Å². The Hall–Kier alpha value is -4.11. The average molecular weight is 703 g/mol. The van der Waals surface area contributed by atoms with Gasteiger partial charge in [0.05, 0.1) is 12.1 Å². The number of Topliss-reactive ketones (excluding diaryl/α,β-unsaturated/α-hetero) is 1. The third-order valence-corrected chi connectivity index (χ3v) is 8.30. The normalized spacial score (nSPS) is 15.0. The number of carbonyl (C=O) groups is 4. The number of ether oxygens (including phenoxy) is 2. The lowest BCUT2D eigenvalue weighted by atomic mass is 9.87. The molecule has 49 heavy (non-hydrogen) atoms. The highest BCUT2D eigenvalue weighted by Gasteiger charge is 2.41. The summed E-state index contributed by atoms with van der Waals surface area (Å²) in [5.41, 5.74) is 0.710. The van der Waals surface area contributed by atoms with Gasteiger partial charge in [0, 0.05) is 20.5 Å². The van der Waals surface area contributed by atoms with Crippen LogP contribution in [0.5, 0.6) is 5.75 Å². The van der Waals surface area contributed by atoms with Crippen LogP contribution in [-0.4, -0.2) is 82.2 Å². The molecule has 0 aliphatic heterocycles. The summed E-state index contributed by atoms with van der Waals surface area (Å²) in [6, 6.07) is 6.37. The number of aliphatic hydroxyl groups is 2. The lowest BCUT2D eigenvalue weighted by molar-refractivity contribution is -0.150. The minimum atomic E-state index is -2.49. The van der Waals surface area contributed by atoms with Gasteiger partial charge in [-0.05, 0) is 37.2 Å². The number of esters is 1. The van der Waals surface area contributed by atoms with Gasteiger partial charge in [-0.25, -0.2) is 22.8 Å². The second kappa shape index (κ2) is 18.6. The molecule has 0 spiro atoms. The van der Waals surface area contributed by atoms with Gasteiger partial charge in [-0.1, -0.05) is 63.9 Å². The van der Waals surface area contributed by atoms with E-state index < -0.39 is 101 Å². The van der Waals surface area contributed by atoms with E-state index in [1.807, 2.05) is 0 Å². The standard InChI is InChI=1S/C34H43F5N2O8/c1-7-18(2)30(41(6)34(47)48-17-21-14-9-8-10-15-21)32(45)40(5)29(19(3)12-11-13-20(4)42)22(43)16-23(44)33(46)49-31-27(38)25(36)24(35)26(37)28(31)39/h8-10,14-15,18-20,23,29-30,42,44H,7,11-13,16-17H2,1-6H3/t18-,19-,20?,23?,29-,30-/m0/s1. The number of halogens is 5. The largest absolute Gasteiger partial charge is 0.445 e. The number of carbonyl (C=O) groups excluding carboxylic acids is 4. The number of aliphatic hydroxyl groups excluding tert-OH is 2. The van der Waals surface area contributed by atoms with Crippen LogP contribution in [0.3, 0.4) is 0 Å². The Labute approximate surface area is 281 Å². The van der Waals surface area contributed by atoms with E-state index in [-0.39, 0.29) is 13.0 Å². The Kier molecular flexibility index (Phi) is 15.6. The molecule has 2 aromatic rings. The molecule has 0 fully saturated rings. The van der Waals surface area contributed by atoms with Gasteiger partial charge in [-0.2, -0.15) is 8.78 Å². The molecule has 0 aliphatic carbocycles. The maximum atomic E-state index is 14.1. The van der Waals surface area contributed by atoms with Gasteiger partial charge in [0.1, 0.15) is 12.6 Å². The van der Waals surface area contributed by atoms with Crippen LogP contribution in [0.1, 0.15) is 65.4 Å². The summed E-state index contributed by atoms with van der Waals surface area (Å²) in [5.74, 6) is -18.7. The Bertz CT molecular complexity index is 1430. The zero-order chi connectivity index (χ0) is 37.2. The highest BCUT2D eigenvalue weighted by atomic mass is 19.2. The van der Waals surface area contributed by atoms with E-state index in [4.69, 9.17) is 4.74 Å². The van der Waals surface area contributed by atoms with Gasteiger partial charge in [0.2, 0.25) is 40.7 Å². The van der Waals surface area contributed by atoms with Gasteiger partial charge in [-0.3, -0.25) is 14.5 Å². The first-order chi connectivity index (χ1) is 22.9. The molecule has 0 saturated carbocycles. The monoisotopic (exact) mass is 702 g/mol. The summed E-state index contributed by atoms with van der Waals surface area (Å²) in [5, 5.41) is 20.2. The Balaban J connectivity index is 2.34. The van der Waals surface area contributed by atoms with Gasteiger partial charge in [-0.15, -0.1) is 0 Å². The lowest BCUT2D eigenvalue weighted by Gasteiger charge is -2.38. The van der Waals surface area contributed by atoms with Crippen molar-refractivity contribution in [2.45, 2.75) is 90.7 Å². The minimum Gasteiger partial charge on any atom is -0.445 e. The number of nitrogens with zero attached hydrogens (tertiary/aromatic N) is 2. The van der Waals surface area contributed by atoms with Crippen LogP contribution in [0.4, 0.5) is 26.7 Å². The molecule has 6 atom stereocenters. The molecular formula is C34H43F5N2O8. The van der Waals surface area contributed by atoms with Crippen molar-refractivity contribution in [2.24, 2.45) is 11.8 Å². The summed E-state index contributed by atoms with van der Waals surface area (Å²) < 4.78 is 78.4. The van der Waals surface area contributed by atoms with E-state index in [2.05, 4.69) is 4.74 Å². The van der Waals surface area contributed by atoms with Gasteiger partial charge in [0.15, 0.2) is 11.9 Å². The first-order valence-corrected chi connectivity index (χ1v) is 15.8. The first-order valence-electron chi connectivity index (χ1n) is 15.8. The average Bonchev–Trinajstić information content (AvgIpc) is 3.07. The second-order valence-corrected chi connectivity index (χ2v) is 12.1. The van der Waals surface area contributed by atoms with Crippen molar-refractivity contribution in [2.75, 3.05) is 14.1 Å². The zero-order valence-electron chi connectivity index (χ0n) is 28.2. The summed E-state index contributed by atoms with van der Waals surface area (Å²) >= 11 is 0. The molecule has 272 valence electrons. The maximum Gasteiger partial charge on any atom is 0.410 e. The first kappa shape index (κ1) is 41.1. The molecule has 0 aromatic heterocycles. The molecule has 2 unspecified atom stereocenters. The molecule has 10 nitrogen and oxygen atoms in total. The molecule has 0 saturated heterocycles. The van der Waals surface area contributed by atoms with Crippen molar-refractivity contribution in [3.63, 3.8) is 0 Å². The highest BCUT2D eigenvalue weighted by Crippen LogP contribution is 2.30. The third kappa shape index (κ3) is 10.7. The molecule has 2 amide bonds. The second-order valence-electron chi connectivity index (χ2n) is 12.1. The number of rotatable bonds is 17. The van der Waals surface area contributed by atoms with E-state index in [0.29, 0.717) is 24.8 Å². The van der Waals surface area contributed by atoms with Crippen LogP contribution < -0.4 is 4.74 Å². The summed E-state index contributed by atoms with van der Waals surface area (Å²) in [4.78, 5) is 55.5. The summed E-state index contributed by atoms with van der Waals surface area (Å²) in [7, 11) is 2.67. The topological polar surface area (TPSA) is 134 Å². The number of hydrogen-bond acceptors (Lipinski definition) is 8. The van der Waals surface area contributed by atoms with Crippen LogP contribution in [0.15, 0.2) is 30.3 Å². The molecule has 15 heteroatoms. The van der Waals surface area contributed by atoms with Crippen molar-refractivity contribution in [1.29, 1.82) is 0 Å². The predicted molar refractivity (Wildman–Crippen MR) is 166 cm³/mol. The molecular weight excluding hydrogens is 659 g/mol. The van der Waals surface area contributed by atoms with Gasteiger partial charge < -0.3 is 24.6 Å². The van der Waals surface area contributed by atoms with Crippen LogP contribution >= 0.6 is 0 Å². The van der Waals surface area contributed by atoms with Crippen LogP contribution in [0, 0.1) is 40.9 Å². The van der Waals surface area contributed by atoms with Gasteiger partial charge in [0.25, 0.3) is 0 Å². The quantitative estimate of drug-likeness (QED) is 0.0746. The maximum absolute atomic E-state index is 14.1. The number of amides is 2. The van der Waals surface area contributed by atoms with Crippen molar-refractivity contribution in [3.8, 4) is 5.75 Å². The Morgan fingerprint density at radius 1 is 0.776 bits per heavy atom. The minimum absolute atomic E-state index is 0.0678. The molecule has 0 aliphatic rings. The predicted octanol–water partition coefficient (Wildman–Crippen LogP) is 5.31. The van der Waals surface area contributed by atoms with E-state index in [0.717, 1.165) is 9.80 Å². The van der Waals surface area contributed by atoms with E-state index in [1.54, 1.807) is 58.0 Å². The molecule has 0 radical (unpaired) electrons. The summed E-state index contributed by atoms with van der Waals surface area (Å²) in [6.07, 6.45) is -3.49. The van der Waals surface area contributed by atoms with Crippen LogP contribution in [0.2, 0.25) is 0 Å². The third-order valence-electron chi connectivity index (χ3n) is 8.30. The van der Waals surface area contributed by atoms with E-state index >= 15 is 0 Å². The number of benzene rings is 2. The fraction of sp³-hybridized carbons (Fsp3) is 0.529. The fourth-order valence-electron chi connectivity index (χ4n) is 5.34. The number of likely N-dealkylation sites (N-methyl/N-ethyl adjacent to an activating group) is 2. The van der Waals surface area contributed by atoms with Crippen molar-refractivity contribution in [1.82, 2.24) is 9.80 Å². The molecule has 0 heterocycles. The number of hydrogen-bond donors (Lipinski definition) is 2. The summed E-state index contributed by atoms with van der Waals surface area (Å²) in [6.45, 7) is 6.63. The van der Waals surface area contributed by atoms with Gasteiger partial charge >= 0.3 is 12.1 Å². The molecule has 2 aromatic carbocycles. The number of ketones is 1. The fourth-order valence-corrected chi connectivity index (χ4v) is 5.34. The Morgan fingerprint density at radius 3 is 1.86 bits per heavy atom. The van der Waals surface area contributed by atoms with Crippen LogP contribution in [0.25, 0.3) is 0 Å². The highest BCUT2D eigenvalue weighted by molar-refractivity contribution is 5.94. The van der Waals surface area contributed by atoms with E-state index in [1.165, 1.54) is 14.1 Å². The van der Waals surface area contributed by atoms with E-state index in [9.17, 15) is 51.3 Å². The van der Waals surface area contributed by atoms with Crippen molar-refractivity contribution < 1.29 is 60.8 Å². The van der Waals surface area contributed by atoms with Crippen molar-refractivity contribution >= 4 is 23.8 Å². The zero-order valence-corrected chi connectivity index (χ0v) is 28.2. The molecule has 0 bridgehead atoms.